The quantitative estimate of drug-likeness (QED) is 0.0470. The number of carbonyl (C=O) groups excluding carboxylic acids is 1. The Labute approximate surface area is 249 Å². The SMILES string of the molecule is CCCCCCCC/C=C\CCCCCCCC(=O)CCCCCCCCCCCCCCCCOS(=O)(=O)O. The summed E-state index contributed by atoms with van der Waals surface area (Å²) in [6, 6.07) is 0. The average molecular weight is 587 g/mol. The van der Waals surface area contributed by atoms with Gasteiger partial charge in [0.25, 0.3) is 0 Å². The van der Waals surface area contributed by atoms with Crippen molar-refractivity contribution in [3.05, 3.63) is 12.2 Å². The van der Waals surface area contributed by atoms with E-state index in [1.165, 1.54) is 141 Å². The summed E-state index contributed by atoms with van der Waals surface area (Å²) < 4.78 is 33.7. The van der Waals surface area contributed by atoms with Crippen molar-refractivity contribution in [1.29, 1.82) is 0 Å². The Kier molecular flexibility index (Phi) is 30.7. The lowest BCUT2D eigenvalue weighted by atomic mass is 10.0. The minimum atomic E-state index is -4.27. The first kappa shape index (κ1) is 39.3. The van der Waals surface area contributed by atoms with Gasteiger partial charge in [-0.15, -0.1) is 0 Å². The van der Waals surface area contributed by atoms with Crippen molar-refractivity contribution in [2.75, 3.05) is 6.61 Å². The lowest BCUT2D eigenvalue weighted by Gasteiger charge is -2.04. The van der Waals surface area contributed by atoms with Gasteiger partial charge in [-0.1, -0.05) is 147 Å². The van der Waals surface area contributed by atoms with Gasteiger partial charge in [-0.3, -0.25) is 9.35 Å². The Bertz CT molecular complexity index is 659. The van der Waals surface area contributed by atoms with Gasteiger partial charge in [0.05, 0.1) is 6.61 Å². The maximum absolute atomic E-state index is 12.1. The topological polar surface area (TPSA) is 80.7 Å². The summed E-state index contributed by atoms with van der Waals surface area (Å²) in [5.74, 6) is 0.476. The Morgan fingerprint density at radius 3 is 1.23 bits per heavy atom. The Hall–Kier alpha value is -0.720. The van der Waals surface area contributed by atoms with Crippen LogP contribution >= 0.6 is 0 Å². The van der Waals surface area contributed by atoms with E-state index >= 15 is 0 Å². The third-order valence-electron chi connectivity index (χ3n) is 7.80. The van der Waals surface area contributed by atoms with Gasteiger partial charge in [0.1, 0.15) is 5.78 Å². The van der Waals surface area contributed by atoms with Crippen LogP contribution in [0.15, 0.2) is 12.2 Å². The largest absolute Gasteiger partial charge is 0.397 e. The van der Waals surface area contributed by atoms with Crippen molar-refractivity contribution in [1.82, 2.24) is 0 Å². The van der Waals surface area contributed by atoms with Crippen LogP contribution in [-0.4, -0.2) is 25.4 Å². The Balaban J connectivity index is 3.21. The molecule has 0 saturated carbocycles. The molecule has 0 heterocycles. The van der Waals surface area contributed by atoms with Crippen LogP contribution in [-0.2, 0) is 19.4 Å². The van der Waals surface area contributed by atoms with E-state index in [-0.39, 0.29) is 6.61 Å². The molecule has 0 amide bonds. The second-order valence-corrected chi connectivity index (χ2v) is 12.9. The summed E-state index contributed by atoms with van der Waals surface area (Å²) in [7, 11) is -4.27. The fourth-order valence-electron chi connectivity index (χ4n) is 5.23. The Morgan fingerprint density at radius 2 is 0.850 bits per heavy atom. The summed E-state index contributed by atoms with van der Waals surface area (Å²) in [6.45, 7) is 2.35. The monoisotopic (exact) mass is 586 g/mol. The van der Waals surface area contributed by atoms with E-state index in [1.54, 1.807) is 0 Å². The van der Waals surface area contributed by atoms with Gasteiger partial charge >= 0.3 is 10.4 Å². The number of hydrogen-bond donors (Lipinski definition) is 1. The molecule has 0 aliphatic rings. The van der Waals surface area contributed by atoms with Crippen molar-refractivity contribution >= 4 is 16.2 Å². The van der Waals surface area contributed by atoms with Crippen LogP contribution in [0.25, 0.3) is 0 Å². The third-order valence-corrected chi connectivity index (χ3v) is 8.26. The predicted octanol–water partition coefficient (Wildman–Crippen LogP) is 11.3. The summed E-state index contributed by atoms with van der Waals surface area (Å²) in [5, 5.41) is 0. The first-order valence-corrected chi connectivity index (χ1v) is 18.6. The molecule has 1 N–H and O–H groups in total. The molecule has 0 spiro atoms. The second-order valence-electron chi connectivity index (χ2n) is 11.8. The summed E-state index contributed by atoms with van der Waals surface area (Å²) >= 11 is 0. The smallest absolute Gasteiger partial charge is 0.300 e. The molecule has 238 valence electrons. The lowest BCUT2D eigenvalue weighted by molar-refractivity contribution is -0.119. The first-order chi connectivity index (χ1) is 19.5. The molecule has 0 radical (unpaired) electrons. The van der Waals surface area contributed by atoms with Gasteiger partial charge in [0.15, 0.2) is 0 Å². The van der Waals surface area contributed by atoms with Gasteiger partial charge in [0.2, 0.25) is 0 Å². The van der Waals surface area contributed by atoms with Gasteiger partial charge in [0, 0.05) is 12.8 Å². The molecule has 0 unspecified atom stereocenters. The molecule has 6 heteroatoms. The van der Waals surface area contributed by atoms with Crippen molar-refractivity contribution in [2.24, 2.45) is 0 Å². The maximum atomic E-state index is 12.1. The van der Waals surface area contributed by atoms with Crippen molar-refractivity contribution in [3.8, 4) is 0 Å². The van der Waals surface area contributed by atoms with Gasteiger partial charge < -0.3 is 0 Å². The minimum Gasteiger partial charge on any atom is -0.300 e. The van der Waals surface area contributed by atoms with Crippen LogP contribution in [0.5, 0.6) is 0 Å². The molecule has 0 aromatic heterocycles. The third kappa shape index (κ3) is 35.3. The molecular weight excluding hydrogens is 520 g/mol. The van der Waals surface area contributed by atoms with E-state index in [1.807, 2.05) is 0 Å². The highest BCUT2D eigenvalue weighted by Gasteiger charge is 2.03. The number of ketones is 1. The molecule has 0 fully saturated rings. The molecule has 0 bridgehead atoms. The van der Waals surface area contributed by atoms with E-state index < -0.39 is 10.4 Å². The van der Waals surface area contributed by atoms with Crippen molar-refractivity contribution in [3.63, 3.8) is 0 Å². The molecule has 5 nitrogen and oxygen atoms in total. The number of hydrogen-bond acceptors (Lipinski definition) is 4. The molecule has 0 aromatic rings. The number of Topliss-reactive ketones (excluding diaryl/α,β-unsaturated/α-hetero) is 1. The molecule has 0 rings (SSSR count). The molecular formula is C34H66O5S. The summed E-state index contributed by atoms with van der Waals surface area (Å²) in [4.78, 5) is 12.1. The molecule has 0 saturated heterocycles. The van der Waals surface area contributed by atoms with Crippen LogP contribution in [0.2, 0.25) is 0 Å². The number of rotatable bonds is 33. The zero-order valence-electron chi connectivity index (χ0n) is 26.4. The lowest BCUT2D eigenvalue weighted by Crippen LogP contribution is -2.04. The molecule has 0 aromatic carbocycles. The second kappa shape index (κ2) is 31.2. The molecule has 0 aliphatic heterocycles. The van der Waals surface area contributed by atoms with Crippen molar-refractivity contribution in [2.45, 2.75) is 193 Å². The van der Waals surface area contributed by atoms with E-state index in [2.05, 4.69) is 23.3 Å². The van der Waals surface area contributed by atoms with E-state index in [0.29, 0.717) is 12.2 Å². The summed E-state index contributed by atoms with van der Waals surface area (Å²) in [5.41, 5.74) is 0. The normalized spacial score (nSPS) is 12.1. The fourth-order valence-corrected chi connectivity index (χ4v) is 5.56. The zero-order chi connectivity index (χ0) is 29.4. The maximum Gasteiger partial charge on any atom is 0.397 e. The molecule has 0 aliphatic carbocycles. The highest BCUT2D eigenvalue weighted by Crippen LogP contribution is 2.15. The van der Waals surface area contributed by atoms with Gasteiger partial charge in [-0.05, 0) is 44.9 Å². The average Bonchev–Trinajstić information content (AvgIpc) is 2.92. The van der Waals surface area contributed by atoms with Crippen LogP contribution in [0.4, 0.5) is 0 Å². The van der Waals surface area contributed by atoms with Gasteiger partial charge in [-0.2, -0.15) is 8.42 Å². The Morgan fingerprint density at radius 1 is 0.525 bits per heavy atom. The number of carbonyl (C=O) groups is 1. The first-order valence-electron chi connectivity index (χ1n) is 17.2. The van der Waals surface area contributed by atoms with Crippen molar-refractivity contribution < 1.29 is 21.9 Å². The van der Waals surface area contributed by atoms with Gasteiger partial charge in [-0.25, -0.2) is 4.18 Å². The summed E-state index contributed by atoms with van der Waals surface area (Å²) in [6.07, 6.45) is 39.8. The number of allylic oxidation sites excluding steroid dienone is 2. The molecule has 40 heavy (non-hydrogen) atoms. The highest BCUT2D eigenvalue weighted by molar-refractivity contribution is 7.80. The zero-order valence-corrected chi connectivity index (χ0v) is 27.2. The predicted molar refractivity (Wildman–Crippen MR) is 171 cm³/mol. The van der Waals surface area contributed by atoms with E-state index in [9.17, 15) is 13.2 Å². The minimum absolute atomic E-state index is 0.0765. The van der Waals surface area contributed by atoms with Crippen LogP contribution in [0.1, 0.15) is 193 Å². The number of unbranched alkanes of at least 4 members (excludes halogenated alkanes) is 24. The van der Waals surface area contributed by atoms with Crippen LogP contribution in [0.3, 0.4) is 0 Å². The molecule has 0 atom stereocenters. The standard InChI is InChI=1S/C34H66O5S/c1-2-3-4-5-6-7-8-9-10-13-16-19-22-25-28-31-34(35)32-29-26-23-20-17-14-11-12-15-18-21-24-27-30-33-39-40(36,37)38/h9-10H,2-8,11-33H2,1H3,(H,36,37,38)/b10-9-. The van der Waals surface area contributed by atoms with E-state index in [4.69, 9.17) is 4.55 Å². The van der Waals surface area contributed by atoms with Crippen LogP contribution in [0, 0.1) is 0 Å². The van der Waals surface area contributed by atoms with Crippen LogP contribution < -0.4 is 0 Å². The highest BCUT2D eigenvalue weighted by atomic mass is 32.3. The van der Waals surface area contributed by atoms with E-state index in [0.717, 1.165) is 38.5 Å². The fraction of sp³-hybridized carbons (Fsp3) is 0.912.